The molecule has 1 aromatic carbocycles. The molecule has 1 aliphatic carbocycles. The van der Waals surface area contributed by atoms with Gasteiger partial charge in [-0.25, -0.2) is 4.98 Å². The smallest absolute Gasteiger partial charge is 0.308 e. The summed E-state index contributed by atoms with van der Waals surface area (Å²) < 4.78 is 20.4. The van der Waals surface area contributed by atoms with Gasteiger partial charge in [-0.05, 0) is 30.7 Å². The van der Waals surface area contributed by atoms with Gasteiger partial charge in [-0.2, -0.15) is 0 Å². The number of rotatable bonds is 8. The maximum atomic E-state index is 12.9. The van der Waals surface area contributed by atoms with E-state index in [1.54, 1.807) is 18.2 Å². The minimum atomic E-state index is -0.629. The fourth-order valence-electron chi connectivity index (χ4n) is 3.49. The molecule has 0 saturated carbocycles. The predicted molar refractivity (Wildman–Crippen MR) is 124 cm³/mol. The van der Waals surface area contributed by atoms with Crippen LogP contribution >= 0.6 is 0 Å². The van der Waals surface area contributed by atoms with E-state index in [0.717, 1.165) is 0 Å². The lowest BCUT2D eigenvalue weighted by Crippen LogP contribution is -2.26. The van der Waals surface area contributed by atoms with Crippen LogP contribution in [0.2, 0.25) is 0 Å². The molecule has 1 aromatic heterocycles. The Bertz CT molecular complexity index is 1260. The summed E-state index contributed by atoms with van der Waals surface area (Å²) in [6.45, 7) is 2.73. The first-order valence-corrected chi connectivity index (χ1v) is 10.4. The number of Topliss-reactive ketones (excluding diaryl/α,β-unsaturated/α-hetero) is 2. The number of carbonyl (C=O) groups is 4. The molecule has 1 heterocycles. The van der Waals surface area contributed by atoms with E-state index in [1.807, 2.05) is 0 Å². The zero-order valence-corrected chi connectivity index (χ0v) is 19.9. The van der Waals surface area contributed by atoms with Crippen LogP contribution in [0.25, 0.3) is 0 Å². The van der Waals surface area contributed by atoms with Gasteiger partial charge >= 0.3 is 5.97 Å². The van der Waals surface area contributed by atoms with Crippen molar-refractivity contribution in [1.82, 2.24) is 4.98 Å². The van der Waals surface area contributed by atoms with Crippen LogP contribution in [0, 0.1) is 0 Å². The third-order valence-electron chi connectivity index (χ3n) is 5.22. The molecule has 0 spiro atoms. The van der Waals surface area contributed by atoms with E-state index in [1.165, 1.54) is 53.5 Å². The van der Waals surface area contributed by atoms with Gasteiger partial charge in [0.05, 0.1) is 38.8 Å². The second-order valence-corrected chi connectivity index (χ2v) is 7.47. The van der Waals surface area contributed by atoms with Gasteiger partial charge in [0.1, 0.15) is 5.75 Å². The summed E-state index contributed by atoms with van der Waals surface area (Å²) >= 11 is 0. The van der Waals surface area contributed by atoms with E-state index in [0.29, 0.717) is 17.1 Å². The minimum Gasteiger partial charge on any atom is -0.489 e. The number of ether oxygens (including phenoxy) is 4. The molecular weight excluding hydrogens is 456 g/mol. The molecule has 3 rings (SSSR count). The van der Waals surface area contributed by atoms with Crippen LogP contribution in [0.4, 0.5) is 5.69 Å². The van der Waals surface area contributed by atoms with Crippen molar-refractivity contribution in [3.63, 3.8) is 0 Å². The summed E-state index contributed by atoms with van der Waals surface area (Å²) in [5, 5.41) is 2.68. The van der Waals surface area contributed by atoms with Crippen molar-refractivity contribution in [2.75, 3.05) is 26.6 Å². The van der Waals surface area contributed by atoms with E-state index in [2.05, 4.69) is 10.3 Å². The van der Waals surface area contributed by atoms with Crippen LogP contribution in [0.3, 0.4) is 0 Å². The first-order valence-electron chi connectivity index (χ1n) is 10.4. The molecule has 1 N–H and O–H groups in total. The standard InChI is InChI=1S/C25H24N2O8/c1-13-18(22(30)24(34-5)23(33-4)21(13)29)10-15-6-8-17(19(11-15)35-14(2)28)25(31)27-16-7-9-20(32-3)26-12-16/h6-9,11-12H,10H2,1-5H3,(H,27,31). The molecular formula is C25H24N2O8. The number of hydrogen-bond acceptors (Lipinski definition) is 9. The number of esters is 1. The van der Waals surface area contributed by atoms with Crippen LogP contribution in [0.5, 0.6) is 11.6 Å². The van der Waals surface area contributed by atoms with Crippen molar-refractivity contribution < 1.29 is 38.1 Å². The summed E-state index contributed by atoms with van der Waals surface area (Å²) in [5.74, 6) is -2.04. The lowest BCUT2D eigenvalue weighted by molar-refractivity contribution is -0.131. The van der Waals surface area contributed by atoms with Crippen molar-refractivity contribution in [2.24, 2.45) is 0 Å². The monoisotopic (exact) mass is 480 g/mol. The SMILES string of the molecule is COC1=C(OC)C(=O)C(Cc2ccc(C(=O)Nc3ccc(OC)nc3)c(OC(C)=O)c2)=C(C)C1=O. The number of hydrogen-bond donors (Lipinski definition) is 1. The van der Waals surface area contributed by atoms with Crippen LogP contribution in [0.15, 0.2) is 59.2 Å². The molecule has 0 radical (unpaired) electrons. The molecule has 0 atom stereocenters. The van der Waals surface area contributed by atoms with Crippen molar-refractivity contribution in [3.05, 3.63) is 70.3 Å². The van der Waals surface area contributed by atoms with Crippen molar-refractivity contribution in [1.29, 1.82) is 0 Å². The van der Waals surface area contributed by atoms with Gasteiger partial charge in [0, 0.05) is 30.6 Å². The Morgan fingerprint density at radius 2 is 1.63 bits per heavy atom. The average molecular weight is 480 g/mol. The maximum Gasteiger partial charge on any atom is 0.308 e. The highest BCUT2D eigenvalue weighted by Gasteiger charge is 2.34. The van der Waals surface area contributed by atoms with Gasteiger partial charge in [-0.3, -0.25) is 19.2 Å². The number of anilines is 1. The molecule has 10 nitrogen and oxygen atoms in total. The molecule has 182 valence electrons. The lowest BCUT2D eigenvalue weighted by atomic mass is 9.88. The maximum absolute atomic E-state index is 12.9. The largest absolute Gasteiger partial charge is 0.489 e. The topological polar surface area (TPSA) is 130 Å². The Morgan fingerprint density at radius 3 is 2.20 bits per heavy atom. The van der Waals surface area contributed by atoms with Crippen LogP contribution in [0.1, 0.15) is 29.8 Å². The molecule has 1 aliphatic rings. The summed E-state index contributed by atoms with van der Waals surface area (Å²) in [4.78, 5) is 54.2. The lowest BCUT2D eigenvalue weighted by Gasteiger charge is -2.20. The molecule has 0 fully saturated rings. The normalized spacial score (nSPS) is 13.5. The minimum absolute atomic E-state index is 0.00176. The molecule has 0 saturated heterocycles. The number of amides is 1. The Kier molecular flexibility index (Phi) is 7.65. The first kappa shape index (κ1) is 25.2. The number of allylic oxidation sites excluding steroid dienone is 2. The molecule has 1 amide bonds. The van der Waals surface area contributed by atoms with Gasteiger partial charge < -0.3 is 24.3 Å². The number of methoxy groups -OCH3 is 3. The number of ketones is 2. The highest BCUT2D eigenvalue weighted by molar-refractivity contribution is 6.23. The summed E-state index contributed by atoms with van der Waals surface area (Å²) in [5.41, 5.74) is 1.47. The third-order valence-corrected chi connectivity index (χ3v) is 5.22. The molecule has 35 heavy (non-hydrogen) atoms. The number of benzene rings is 1. The number of aromatic nitrogens is 1. The van der Waals surface area contributed by atoms with E-state index in [9.17, 15) is 19.2 Å². The number of nitrogens with one attached hydrogen (secondary N) is 1. The van der Waals surface area contributed by atoms with Crippen LogP contribution in [-0.2, 0) is 30.3 Å². The molecule has 10 heteroatoms. The van der Waals surface area contributed by atoms with Crippen molar-refractivity contribution in [2.45, 2.75) is 20.3 Å². The van der Waals surface area contributed by atoms with Crippen LogP contribution < -0.4 is 14.8 Å². The molecule has 2 aromatic rings. The summed E-state index contributed by atoms with van der Waals surface area (Å²) in [6, 6.07) is 7.75. The molecule has 0 bridgehead atoms. The van der Waals surface area contributed by atoms with E-state index in [-0.39, 0.29) is 40.4 Å². The fourth-order valence-corrected chi connectivity index (χ4v) is 3.49. The number of carbonyl (C=O) groups excluding carboxylic acids is 4. The average Bonchev–Trinajstić information content (AvgIpc) is 2.84. The highest BCUT2D eigenvalue weighted by Crippen LogP contribution is 2.30. The molecule has 0 unspecified atom stereocenters. The zero-order valence-electron chi connectivity index (χ0n) is 19.9. The highest BCUT2D eigenvalue weighted by atomic mass is 16.5. The molecule has 0 aliphatic heterocycles. The Hall–Kier alpha value is -4.47. The van der Waals surface area contributed by atoms with E-state index < -0.39 is 23.4 Å². The number of pyridine rings is 1. The third kappa shape index (κ3) is 5.37. The second-order valence-electron chi connectivity index (χ2n) is 7.47. The van der Waals surface area contributed by atoms with Crippen molar-refractivity contribution in [3.8, 4) is 11.6 Å². The fraction of sp³-hybridized carbons (Fsp3) is 0.240. The van der Waals surface area contributed by atoms with E-state index in [4.69, 9.17) is 18.9 Å². The van der Waals surface area contributed by atoms with Gasteiger partial charge in [0.2, 0.25) is 29.0 Å². The van der Waals surface area contributed by atoms with Gasteiger partial charge in [0.25, 0.3) is 5.91 Å². The second kappa shape index (κ2) is 10.6. The Balaban J connectivity index is 1.91. The van der Waals surface area contributed by atoms with Crippen molar-refractivity contribution >= 4 is 29.1 Å². The summed E-state index contributed by atoms with van der Waals surface area (Å²) in [6.07, 6.45) is 1.46. The van der Waals surface area contributed by atoms with Crippen LogP contribution in [-0.4, -0.2) is 49.8 Å². The quantitative estimate of drug-likeness (QED) is 0.344. The Morgan fingerprint density at radius 1 is 0.943 bits per heavy atom. The van der Waals surface area contributed by atoms with Gasteiger partial charge in [0.15, 0.2) is 0 Å². The Labute approximate surface area is 201 Å². The van der Waals surface area contributed by atoms with Gasteiger partial charge in [-0.1, -0.05) is 6.07 Å². The van der Waals surface area contributed by atoms with Gasteiger partial charge in [-0.15, -0.1) is 0 Å². The zero-order chi connectivity index (χ0) is 25.7. The summed E-state index contributed by atoms with van der Waals surface area (Å²) in [7, 11) is 4.04. The predicted octanol–water partition coefficient (Wildman–Crippen LogP) is 2.78. The van der Waals surface area contributed by atoms with E-state index >= 15 is 0 Å². The number of nitrogens with zero attached hydrogens (tertiary/aromatic N) is 1. The first-order chi connectivity index (χ1) is 16.7.